The molecule has 114 valence electrons. The van der Waals surface area contributed by atoms with Crippen molar-refractivity contribution >= 4 is 15.7 Å². The maximum absolute atomic E-state index is 13.8. The molecule has 0 bridgehead atoms. The van der Waals surface area contributed by atoms with Crippen LogP contribution in [0.25, 0.3) is 0 Å². The lowest BCUT2D eigenvalue weighted by molar-refractivity contribution is 0.598. The molecule has 0 atom stereocenters. The van der Waals surface area contributed by atoms with Gasteiger partial charge in [0.2, 0.25) is 0 Å². The van der Waals surface area contributed by atoms with Gasteiger partial charge in [-0.2, -0.15) is 0 Å². The molecule has 0 saturated heterocycles. The molecular weight excluding hydrogens is 293 g/mol. The number of anilines is 1. The van der Waals surface area contributed by atoms with Crippen molar-refractivity contribution < 1.29 is 12.8 Å². The minimum absolute atomic E-state index is 0.0702. The Morgan fingerprint density at radius 3 is 2.57 bits per heavy atom. The smallest absolute Gasteiger partial charge is 0.263 e. The van der Waals surface area contributed by atoms with Gasteiger partial charge in [-0.3, -0.25) is 4.72 Å². The van der Waals surface area contributed by atoms with Crippen molar-refractivity contribution in [3.63, 3.8) is 0 Å². The number of hydrogen-bond acceptors (Lipinski definition) is 3. The molecular formula is C14H18FN3O2S. The van der Waals surface area contributed by atoms with E-state index in [0.29, 0.717) is 12.2 Å². The van der Waals surface area contributed by atoms with Crippen LogP contribution in [0.1, 0.15) is 18.2 Å². The van der Waals surface area contributed by atoms with E-state index in [1.165, 1.54) is 24.4 Å². The van der Waals surface area contributed by atoms with Crippen molar-refractivity contribution in [3.8, 4) is 0 Å². The molecule has 0 amide bonds. The third-order valence-corrected chi connectivity index (χ3v) is 4.52. The summed E-state index contributed by atoms with van der Waals surface area (Å²) in [5.74, 6) is -0.604. The number of hydrogen-bond donors (Lipinski definition) is 2. The maximum Gasteiger partial charge on any atom is 0.263 e. The number of sulfonamides is 1. The molecule has 0 aliphatic heterocycles. The molecule has 21 heavy (non-hydrogen) atoms. The number of nitrogens with two attached hydrogens (primary N) is 1. The highest BCUT2D eigenvalue weighted by Gasteiger charge is 2.19. The van der Waals surface area contributed by atoms with Crippen LogP contribution in [0.15, 0.2) is 35.4 Å². The number of aromatic nitrogens is 1. The molecule has 0 saturated carbocycles. The fraction of sp³-hybridized carbons (Fsp3) is 0.286. The van der Waals surface area contributed by atoms with E-state index in [1.54, 1.807) is 17.6 Å². The first-order valence-electron chi connectivity index (χ1n) is 6.55. The monoisotopic (exact) mass is 311 g/mol. The average Bonchev–Trinajstić information content (AvgIpc) is 2.86. The summed E-state index contributed by atoms with van der Waals surface area (Å²) < 4.78 is 42.4. The third kappa shape index (κ3) is 3.25. The molecule has 1 aromatic heterocycles. The molecule has 0 aliphatic carbocycles. The zero-order valence-corrected chi connectivity index (χ0v) is 12.7. The highest BCUT2D eigenvalue weighted by molar-refractivity contribution is 7.92. The Balaban J connectivity index is 2.36. The van der Waals surface area contributed by atoms with Gasteiger partial charge >= 0.3 is 0 Å². The van der Waals surface area contributed by atoms with Crippen molar-refractivity contribution in [2.45, 2.75) is 31.8 Å². The summed E-state index contributed by atoms with van der Waals surface area (Å²) in [5.41, 5.74) is 6.94. The highest BCUT2D eigenvalue weighted by atomic mass is 32.2. The van der Waals surface area contributed by atoms with Crippen LogP contribution in [0.2, 0.25) is 0 Å². The molecule has 3 N–H and O–H groups in total. The number of nitrogens with one attached hydrogen (secondary N) is 1. The zero-order valence-electron chi connectivity index (χ0n) is 11.9. The lowest BCUT2D eigenvalue weighted by Gasteiger charge is -2.08. The third-order valence-electron chi connectivity index (χ3n) is 3.19. The molecule has 0 fully saturated rings. The van der Waals surface area contributed by atoms with Crippen LogP contribution in [0, 0.1) is 12.7 Å². The van der Waals surface area contributed by atoms with Crippen molar-refractivity contribution in [1.29, 1.82) is 0 Å². The first kappa shape index (κ1) is 15.5. The van der Waals surface area contributed by atoms with Gasteiger partial charge < -0.3 is 10.3 Å². The van der Waals surface area contributed by atoms with E-state index >= 15 is 0 Å². The van der Waals surface area contributed by atoms with Crippen molar-refractivity contribution in [2.75, 3.05) is 4.72 Å². The molecule has 2 aromatic rings. The quantitative estimate of drug-likeness (QED) is 0.889. The summed E-state index contributed by atoms with van der Waals surface area (Å²) >= 11 is 0. The minimum atomic E-state index is -3.84. The molecule has 1 heterocycles. The molecule has 7 heteroatoms. The Morgan fingerprint density at radius 2 is 2.05 bits per heavy atom. The second kappa shape index (κ2) is 5.87. The van der Waals surface area contributed by atoms with E-state index in [0.717, 1.165) is 5.56 Å². The van der Waals surface area contributed by atoms with E-state index < -0.39 is 15.8 Å². The first-order valence-corrected chi connectivity index (χ1v) is 8.03. The normalized spacial score (nSPS) is 11.6. The molecule has 0 unspecified atom stereocenters. The summed E-state index contributed by atoms with van der Waals surface area (Å²) in [6.45, 7) is 4.47. The fourth-order valence-electron chi connectivity index (χ4n) is 2.05. The Bertz CT molecular complexity index is 732. The summed E-state index contributed by atoms with van der Waals surface area (Å²) in [6.07, 6.45) is 1.50. The van der Waals surface area contributed by atoms with E-state index in [9.17, 15) is 12.8 Å². The van der Waals surface area contributed by atoms with Gasteiger partial charge in [-0.1, -0.05) is 6.07 Å². The van der Waals surface area contributed by atoms with E-state index in [1.807, 2.05) is 6.92 Å². The first-order chi connectivity index (χ1) is 9.87. The molecule has 0 radical (unpaired) electrons. The number of rotatable bonds is 5. The molecule has 2 rings (SSSR count). The Hall–Kier alpha value is -1.86. The molecule has 0 spiro atoms. The molecule has 5 nitrogen and oxygen atoms in total. The predicted molar refractivity (Wildman–Crippen MR) is 79.9 cm³/mol. The zero-order chi connectivity index (χ0) is 15.6. The number of halogens is 1. The number of nitrogens with zero attached hydrogens (tertiary/aromatic N) is 1. The van der Waals surface area contributed by atoms with Crippen LogP contribution < -0.4 is 10.5 Å². The number of aryl methyl sites for hydroxylation is 2. The van der Waals surface area contributed by atoms with E-state index in [4.69, 9.17) is 5.73 Å². The highest BCUT2D eigenvalue weighted by Crippen LogP contribution is 2.21. The van der Waals surface area contributed by atoms with Gasteiger partial charge in [0.25, 0.3) is 10.0 Å². The van der Waals surface area contributed by atoms with Crippen LogP contribution >= 0.6 is 0 Å². The van der Waals surface area contributed by atoms with Gasteiger partial charge in [0.05, 0.1) is 5.69 Å². The van der Waals surface area contributed by atoms with Crippen molar-refractivity contribution in [2.24, 2.45) is 5.73 Å². The largest absolute Gasteiger partial charge is 0.349 e. The van der Waals surface area contributed by atoms with E-state index in [2.05, 4.69) is 4.72 Å². The fourth-order valence-corrected chi connectivity index (χ4v) is 3.18. The lowest BCUT2D eigenvalue weighted by Crippen LogP contribution is -2.13. The predicted octanol–water partition coefficient (Wildman–Crippen LogP) is 2.22. The summed E-state index contributed by atoms with van der Waals surface area (Å²) in [4.78, 5) is 0.0739. The molecule has 0 aliphatic rings. The lowest BCUT2D eigenvalue weighted by atomic mass is 10.2. The minimum Gasteiger partial charge on any atom is -0.349 e. The Kier molecular flexibility index (Phi) is 4.34. The van der Waals surface area contributed by atoms with Gasteiger partial charge in [-0.15, -0.1) is 0 Å². The van der Waals surface area contributed by atoms with Gasteiger partial charge in [0.15, 0.2) is 0 Å². The van der Waals surface area contributed by atoms with Crippen molar-refractivity contribution in [1.82, 2.24) is 4.57 Å². The summed E-state index contributed by atoms with van der Waals surface area (Å²) in [7, 11) is -3.84. The van der Waals surface area contributed by atoms with Gasteiger partial charge in [0.1, 0.15) is 10.7 Å². The van der Waals surface area contributed by atoms with Gasteiger partial charge in [-0.05, 0) is 37.6 Å². The van der Waals surface area contributed by atoms with Crippen molar-refractivity contribution in [3.05, 3.63) is 47.5 Å². The van der Waals surface area contributed by atoms with Crippen LogP contribution in [0.4, 0.5) is 10.1 Å². The van der Waals surface area contributed by atoms with Crippen LogP contribution in [-0.2, 0) is 23.1 Å². The second-order valence-electron chi connectivity index (χ2n) is 4.75. The van der Waals surface area contributed by atoms with E-state index in [-0.39, 0.29) is 17.1 Å². The van der Waals surface area contributed by atoms with Crippen LogP contribution in [0.5, 0.6) is 0 Å². The maximum atomic E-state index is 13.8. The summed E-state index contributed by atoms with van der Waals surface area (Å²) in [6, 6.07) is 5.82. The average molecular weight is 311 g/mol. The topological polar surface area (TPSA) is 77.1 Å². The number of benzene rings is 1. The van der Waals surface area contributed by atoms with Gasteiger partial charge in [-0.25, -0.2) is 12.8 Å². The standard InChI is InChI=1S/C14H18FN3O2S/c1-3-18-9-12(7-11(18)8-16)21(19,20)17-14-5-4-10(2)6-13(14)15/h4-7,9,17H,3,8,16H2,1-2H3. The second-order valence-corrected chi connectivity index (χ2v) is 6.43. The van der Waals surface area contributed by atoms with Gasteiger partial charge in [0, 0.05) is 25.0 Å². The SMILES string of the molecule is CCn1cc(S(=O)(=O)Nc2ccc(C)cc2F)cc1CN. The van der Waals surface area contributed by atoms with Crippen LogP contribution in [-0.4, -0.2) is 13.0 Å². The van der Waals surface area contributed by atoms with Crippen LogP contribution in [0.3, 0.4) is 0 Å². The summed E-state index contributed by atoms with van der Waals surface area (Å²) in [5, 5.41) is 0. The Morgan fingerprint density at radius 1 is 1.33 bits per heavy atom. The Labute approximate surface area is 123 Å². The molecule has 1 aromatic carbocycles.